The molecule has 2 aromatic rings. The number of nitrogen functional groups attached to an aromatic ring is 1. The van der Waals surface area contributed by atoms with Gasteiger partial charge >= 0.3 is 0 Å². The predicted molar refractivity (Wildman–Crippen MR) is 92.4 cm³/mol. The number of piperazine rings is 1. The van der Waals surface area contributed by atoms with Gasteiger partial charge in [-0.3, -0.25) is 9.59 Å². The molecule has 1 aromatic carbocycles. The molecule has 1 amide bonds. The summed E-state index contributed by atoms with van der Waals surface area (Å²) in [5, 5.41) is 7.58. The number of nitrogens with zero attached hydrogens (tertiary/aromatic N) is 5. The number of rotatable bonds is 4. The molecule has 24 heavy (non-hydrogen) atoms. The zero-order valence-electron chi connectivity index (χ0n) is 13.0. The standard InChI is InChI=1S/C15H18N6O2S/c16-21-13(22)10-17-18-15(21)24-11-14(23)20-8-6-19(7-9-20)12-4-2-1-3-5-12/h1-5,10H,6-9,11,16H2. The number of hydrogen-bond donors (Lipinski definition) is 1. The first-order chi connectivity index (χ1) is 11.6. The SMILES string of the molecule is Nn1c(SCC(=O)N2CCN(c3ccccc3)CC2)nncc1=O. The molecule has 1 aliphatic heterocycles. The molecule has 0 unspecified atom stereocenters. The van der Waals surface area contributed by atoms with Crippen LogP contribution >= 0.6 is 11.8 Å². The van der Waals surface area contributed by atoms with Crippen LogP contribution in [-0.4, -0.2) is 57.6 Å². The van der Waals surface area contributed by atoms with Gasteiger partial charge in [-0.15, -0.1) is 5.10 Å². The van der Waals surface area contributed by atoms with Crippen molar-refractivity contribution in [2.75, 3.05) is 42.7 Å². The van der Waals surface area contributed by atoms with Crippen molar-refractivity contribution in [3.63, 3.8) is 0 Å². The third kappa shape index (κ3) is 3.67. The van der Waals surface area contributed by atoms with E-state index in [1.54, 1.807) is 0 Å². The van der Waals surface area contributed by atoms with E-state index in [-0.39, 0.29) is 16.8 Å². The number of aromatic nitrogens is 3. The Hall–Kier alpha value is -2.55. The highest BCUT2D eigenvalue weighted by Crippen LogP contribution is 2.17. The van der Waals surface area contributed by atoms with Crippen molar-refractivity contribution in [2.45, 2.75) is 5.16 Å². The molecule has 1 saturated heterocycles. The first-order valence-electron chi connectivity index (χ1n) is 7.55. The normalized spacial score (nSPS) is 14.7. The van der Waals surface area contributed by atoms with Gasteiger partial charge < -0.3 is 15.6 Å². The summed E-state index contributed by atoms with van der Waals surface area (Å²) < 4.78 is 0.901. The van der Waals surface area contributed by atoms with Crippen molar-refractivity contribution >= 4 is 23.4 Å². The molecule has 0 atom stereocenters. The molecule has 126 valence electrons. The molecular formula is C15H18N6O2S. The molecule has 3 rings (SSSR count). The van der Waals surface area contributed by atoms with Gasteiger partial charge in [-0.25, -0.2) is 0 Å². The van der Waals surface area contributed by atoms with E-state index in [1.165, 1.54) is 5.69 Å². The predicted octanol–water partition coefficient (Wildman–Crippen LogP) is -0.207. The maximum Gasteiger partial charge on any atom is 0.291 e. The Balaban J connectivity index is 1.52. The number of para-hydroxylation sites is 1. The first-order valence-corrected chi connectivity index (χ1v) is 8.54. The van der Waals surface area contributed by atoms with E-state index in [4.69, 9.17) is 5.84 Å². The average Bonchev–Trinajstić information content (AvgIpc) is 2.63. The Morgan fingerprint density at radius 3 is 2.58 bits per heavy atom. The molecule has 2 heterocycles. The Bertz CT molecular complexity index is 758. The lowest BCUT2D eigenvalue weighted by Gasteiger charge is -2.36. The van der Waals surface area contributed by atoms with Crippen LogP contribution in [0.25, 0.3) is 0 Å². The fourth-order valence-corrected chi connectivity index (χ4v) is 3.27. The van der Waals surface area contributed by atoms with E-state index in [9.17, 15) is 9.59 Å². The van der Waals surface area contributed by atoms with Crippen LogP contribution in [0.3, 0.4) is 0 Å². The maximum absolute atomic E-state index is 12.3. The van der Waals surface area contributed by atoms with Gasteiger partial charge in [0.05, 0.1) is 5.75 Å². The minimum absolute atomic E-state index is 0.00538. The highest BCUT2D eigenvalue weighted by molar-refractivity contribution is 7.99. The van der Waals surface area contributed by atoms with Gasteiger partial charge in [0.1, 0.15) is 6.20 Å². The van der Waals surface area contributed by atoms with E-state index < -0.39 is 5.56 Å². The summed E-state index contributed by atoms with van der Waals surface area (Å²) in [6.07, 6.45) is 1.04. The fourth-order valence-electron chi connectivity index (χ4n) is 2.50. The molecule has 0 spiro atoms. The topological polar surface area (TPSA) is 97.3 Å². The molecule has 0 radical (unpaired) electrons. The second-order valence-corrected chi connectivity index (χ2v) is 6.27. The summed E-state index contributed by atoms with van der Waals surface area (Å²) in [6, 6.07) is 10.2. The number of benzene rings is 1. The maximum atomic E-state index is 12.3. The molecule has 1 aromatic heterocycles. The Morgan fingerprint density at radius 1 is 1.17 bits per heavy atom. The van der Waals surface area contributed by atoms with Gasteiger partial charge in [0.2, 0.25) is 11.1 Å². The number of nitrogens with two attached hydrogens (primary N) is 1. The highest BCUT2D eigenvalue weighted by atomic mass is 32.2. The number of carbonyl (C=O) groups excluding carboxylic acids is 1. The van der Waals surface area contributed by atoms with Gasteiger partial charge in [0.15, 0.2) is 0 Å². The van der Waals surface area contributed by atoms with Gasteiger partial charge in [0.25, 0.3) is 5.56 Å². The van der Waals surface area contributed by atoms with Crippen molar-refractivity contribution < 1.29 is 4.79 Å². The fraction of sp³-hybridized carbons (Fsp3) is 0.333. The first kappa shape index (κ1) is 16.3. The molecule has 9 heteroatoms. The second-order valence-electron chi connectivity index (χ2n) is 5.33. The van der Waals surface area contributed by atoms with E-state index in [0.29, 0.717) is 13.1 Å². The van der Waals surface area contributed by atoms with Crippen LogP contribution in [0.2, 0.25) is 0 Å². The lowest BCUT2D eigenvalue weighted by molar-refractivity contribution is -0.128. The monoisotopic (exact) mass is 346 g/mol. The largest absolute Gasteiger partial charge is 0.368 e. The molecule has 0 saturated carbocycles. The van der Waals surface area contributed by atoms with Gasteiger partial charge in [0, 0.05) is 31.9 Å². The zero-order valence-corrected chi connectivity index (χ0v) is 13.9. The Kier molecular flexibility index (Phi) is 4.99. The van der Waals surface area contributed by atoms with Crippen molar-refractivity contribution in [1.82, 2.24) is 19.8 Å². The van der Waals surface area contributed by atoms with Crippen molar-refractivity contribution in [1.29, 1.82) is 0 Å². The van der Waals surface area contributed by atoms with Gasteiger partial charge in [-0.1, -0.05) is 30.0 Å². The van der Waals surface area contributed by atoms with E-state index >= 15 is 0 Å². The van der Waals surface area contributed by atoms with Crippen molar-refractivity contribution in [3.8, 4) is 0 Å². The summed E-state index contributed by atoms with van der Waals surface area (Å²) in [7, 11) is 0. The molecule has 1 fully saturated rings. The summed E-state index contributed by atoms with van der Waals surface area (Å²) >= 11 is 1.12. The van der Waals surface area contributed by atoms with Crippen LogP contribution in [0.5, 0.6) is 0 Å². The summed E-state index contributed by atoms with van der Waals surface area (Å²) in [5.74, 6) is 5.77. The highest BCUT2D eigenvalue weighted by Gasteiger charge is 2.21. The summed E-state index contributed by atoms with van der Waals surface area (Å²) in [4.78, 5) is 27.8. The van der Waals surface area contributed by atoms with E-state index in [1.807, 2.05) is 23.1 Å². The number of carbonyl (C=O) groups is 1. The van der Waals surface area contributed by atoms with Crippen LogP contribution in [0, 0.1) is 0 Å². The lowest BCUT2D eigenvalue weighted by Crippen LogP contribution is -2.49. The molecular weight excluding hydrogens is 328 g/mol. The minimum atomic E-state index is -0.448. The lowest BCUT2D eigenvalue weighted by atomic mass is 10.2. The molecule has 8 nitrogen and oxygen atoms in total. The Morgan fingerprint density at radius 2 is 1.88 bits per heavy atom. The molecule has 2 N–H and O–H groups in total. The number of amides is 1. The molecule has 0 bridgehead atoms. The third-order valence-corrected chi connectivity index (χ3v) is 4.76. The summed E-state index contributed by atoms with van der Waals surface area (Å²) in [5.41, 5.74) is 0.724. The zero-order chi connectivity index (χ0) is 16.9. The summed E-state index contributed by atoms with van der Waals surface area (Å²) in [6.45, 7) is 2.94. The van der Waals surface area contributed by atoms with E-state index in [0.717, 1.165) is 35.7 Å². The number of hydrogen-bond acceptors (Lipinski definition) is 7. The second kappa shape index (κ2) is 7.35. The van der Waals surface area contributed by atoms with Crippen molar-refractivity contribution in [2.24, 2.45) is 0 Å². The number of anilines is 1. The minimum Gasteiger partial charge on any atom is -0.368 e. The van der Waals surface area contributed by atoms with Crippen LogP contribution in [0.1, 0.15) is 0 Å². The van der Waals surface area contributed by atoms with E-state index in [2.05, 4.69) is 27.2 Å². The Labute approximate surface area is 143 Å². The quantitative estimate of drug-likeness (QED) is 0.604. The van der Waals surface area contributed by atoms with Crippen molar-refractivity contribution in [3.05, 3.63) is 46.9 Å². The average molecular weight is 346 g/mol. The van der Waals surface area contributed by atoms with Crippen LogP contribution in [0.4, 0.5) is 5.69 Å². The van der Waals surface area contributed by atoms with Gasteiger partial charge in [-0.2, -0.15) is 9.77 Å². The molecule has 1 aliphatic rings. The third-order valence-electron chi connectivity index (χ3n) is 3.83. The molecule has 0 aliphatic carbocycles. The smallest absolute Gasteiger partial charge is 0.291 e. The number of thioether (sulfide) groups is 1. The van der Waals surface area contributed by atoms with Crippen LogP contribution < -0.4 is 16.3 Å². The van der Waals surface area contributed by atoms with Gasteiger partial charge in [-0.05, 0) is 12.1 Å². The van der Waals surface area contributed by atoms with Crippen LogP contribution in [-0.2, 0) is 4.79 Å². The van der Waals surface area contributed by atoms with Crippen LogP contribution in [0.15, 0.2) is 46.5 Å².